The Morgan fingerprint density at radius 3 is 2.59 bits per heavy atom. The molecule has 17 heavy (non-hydrogen) atoms. The fourth-order valence-electron chi connectivity index (χ4n) is 1.67. The van der Waals surface area contributed by atoms with Crippen LogP contribution in [0.1, 0.15) is 39.0 Å². The van der Waals surface area contributed by atoms with E-state index in [0.29, 0.717) is 13.0 Å². The van der Waals surface area contributed by atoms with Gasteiger partial charge in [-0.15, -0.1) is 0 Å². The Morgan fingerprint density at radius 1 is 1.35 bits per heavy atom. The van der Waals surface area contributed by atoms with E-state index in [1.54, 1.807) is 11.8 Å². The number of unbranched alkanes of at least 4 members (excludes halogenated alkanes) is 1. The predicted octanol–water partition coefficient (Wildman–Crippen LogP) is 2.11. The van der Waals surface area contributed by atoms with Crippen molar-refractivity contribution >= 4 is 27.8 Å². The van der Waals surface area contributed by atoms with Crippen LogP contribution in [0, 0.1) is 0 Å². The molecule has 0 heterocycles. The van der Waals surface area contributed by atoms with Crippen LogP contribution in [-0.2, 0) is 14.3 Å². The van der Waals surface area contributed by atoms with Crippen molar-refractivity contribution in [1.82, 2.24) is 4.90 Å². The van der Waals surface area contributed by atoms with Crippen molar-refractivity contribution < 1.29 is 14.3 Å². The van der Waals surface area contributed by atoms with Crippen LogP contribution in [-0.4, -0.2) is 41.3 Å². The molecule has 0 radical (unpaired) electrons. The third-order valence-corrected chi connectivity index (χ3v) is 3.25. The molecule has 0 atom stereocenters. The van der Waals surface area contributed by atoms with Gasteiger partial charge in [0.25, 0.3) is 0 Å². The van der Waals surface area contributed by atoms with Crippen LogP contribution in [0.15, 0.2) is 0 Å². The molecule has 0 bridgehead atoms. The number of hydrogen-bond acceptors (Lipinski definition) is 3. The molecule has 1 fully saturated rings. The lowest BCUT2D eigenvalue weighted by Crippen LogP contribution is -2.38. The number of ether oxygens (including phenoxy) is 1. The van der Waals surface area contributed by atoms with E-state index in [2.05, 4.69) is 15.9 Å². The Morgan fingerprint density at radius 2 is 2.06 bits per heavy atom. The Balaban J connectivity index is 2.36. The molecule has 0 unspecified atom stereocenters. The molecule has 0 spiro atoms. The molecule has 1 aliphatic rings. The highest BCUT2D eigenvalue weighted by Gasteiger charge is 2.33. The molecule has 5 heteroatoms. The average Bonchev–Trinajstić information content (AvgIpc) is 3.10. The number of amides is 1. The summed E-state index contributed by atoms with van der Waals surface area (Å²) < 4.78 is 4.89. The van der Waals surface area contributed by atoms with E-state index < -0.39 is 0 Å². The summed E-state index contributed by atoms with van der Waals surface area (Å²) in [5, 5.41) is 0.918. The normalized spacial score (nSPS) is 14.5. The van der Waals surface area contributed by atoms with Gasteiger partial charge < -0.3 is 9.64 Å². The topological polar surface area (TPSA) is 46.6 Å². The maximum Gasteiger partial charge on any atom is 0.325 e. The molecule has 0 N–H and O–H groups in total. The van der Waals surface area contributed by atoms with E-state index in [9.17, 15) is 9.59 Å². The van der Waals surface area contributed by atoms with Gasteiger partial charge in [0.15, 0.2) is 0 Å². The van der Waals surface area contributed by atoms with Crippen LogP contribution in [0.2, 0.25) is 0 Å². The van der Waals surface area contributed by atoms with E-state index in [4.69, 9.17) is 4.74 Å². The Hall–Kier alpha value is -0.580. The van der Waals surface area contributed by atoms with Crippen LogP contribution in [0.5, 0.6) is 0 Å². The van der Waals surface area contributed by atoms with Gasteiger partial charge in [-0.05, 0) is 32.6 Å². The monoisotopic (exact) mass is 305 g/mol. The zero-order valence-electron chi connectivity index (χ0n) is 10.3. The maximum absolute atomic E-state index is 11.9. The molecule has 0 aromatic rings. The number of carbonyl (C=O) groups is 2. The smallest absolute Gasteiger partial charge is 0.325 e. The number of rotatable bonds is 8. The lowest BCUT2D eigenvalue weighted by Gasteiger charge is -2.21. The van der Waals surface area contributed by atoms with Crippen LogP contribution in [0.25, 0.3) is 0 Å². The Kier molecular flexibility index (Phi) is 6.55. The molecular formula is C12H20BrNO3. The van der Waals surface area contributed by atoms with E-state index in [-0.39, 0.29) is 24.5 Å². The predicted molar refractivity (Wildman–Crippen MR) is 69.0 cm³/mol. The summed E-state index contributed by atoms with van der Waals surface area (Å²) >= 11 is 3.34. The summed E-state index contributed by atoms with van der Waals surface area (Å²) in [6, 6.07) is 0.274. The molecule has 1 aliphatic carbocycles. The minimum absolute atomic E-state index is 0.0847. The number of hydrogen-bond donors (Lipinski definition) is 0. The number of halogens is 1. The molecule has 0 aliphatic heterocycles. The quantitative estimate of drug-likeness (QED) is 0.392. The number of nitrogens with zero attached hydrogens (tertiary/aromatic N) is 1. The molecule has 4 nitrogen and oxygen atoms in total. The van der Waals surface area contributed by atoms with Crippen LogP contribution in [0.4, 0.5) is 0 Å². The van der Waals surface area contributed by atoms with Crippen molar-refractivity contribution in [2.75, 3.05) is 18.5 Å². The average molecular weight is 306 g/mol. The molecule has 0 saturated heterocycles. The zero-order chi connectivity index (χ0) is 12.7. The summed E-state index contributed by atoms with van der Waals surface area (Å²) in [5.41, 5.74) is 0. The SMILES string of the molecule is CCOC(=O)CN(C(=O)CCCCBr)C1CC1. The van der Waals surface area contributed by atoms with Gasteiger partial charge in [-0.25, -0.2) is 0 Å². The lowest BCUT2D eigenvalue weighted by atomic mass is 10.2. The van der Waals surface area contributed by atoms with Gasteiger partial charge in [0.05, 0.1) is 6.61 Å². The lowest BCUT2D eigenvalue weighted by molar-refractivity contribution is -0.149. The Labute approximate surface area is 111 Å². The summed E-state index contributed by atoms with van der Waals surface area (Å²) in [6.07, 6.45) is 4.43. The molecule has 98 valence electrons. The second-order valence-corrected chi connectivity index (χ2v) is 5.00. The van der Waals surface area contributed by atoms with Gasteiger partial charge in [0, 0.05) is 17.8 Å². The minimum Gasteiger partial charge on any atom is -0.465 e. The van der Waals surface area contributed by atoms with Crippen LogP contribution < -0.4 is 0 Å². The second-order valence-electron chi connectivity index (χ2n) is 4.20. The largest absolute Gasteiger partial charge is 0.465 e. The highest BCUT2D eigenvalue weighted by Crippen LogP contribution is 2.27. The van der Waals surface area contributed by atoms with Crippen molar-refractivity contribution in [3.63, 3.8) is 0 Å². The van der Waals surface area contributed by atoms with Crippen LogP contribution in [0.3, 0.4) is 0 Å². The summed E-state index contributed by atoms with van der Waals surface area (Å²) in [4.78, 5) is 25.0. The van der Waals surface area contributed by atoms with E-state index in [0.717, 1.165) is 31.0 Å². The Bertz CT molecular complexity index is 266. The molecule has 1 amide bonds. The highest BCUT2D eigenvalue weighted by atomic mass is 79.9. The van der Waals surface area contributed by atoms with Crippen molar-refractivity contribution in [1.29, 1.82) is 0 Å². The maximum atomic E-state index is 11.9. The molecule has 1 saturated carbocycles. The van der Waals surface area contributed by atoms with Gasteiger partial charge in [-0.2, -0.15) is 0 Å². The zero-order valence-corrected chi connectivity index (χ0v) is 11.9. The fourth-order valence-corrected chi connectivity index (χ4v) is 2.06. The first kappa shape index (κ1) is 14.5. The van der Waals surface area contributed by atoms with Gasteiger partial charge in [0.1, 0.15) is 6.54 Å². The minimum atomic E-state index is -0.298. The second kappa shape index (κ2) is 7.69. The third kappa shape index (κ3) is 5.52. The first-order chi connectivity index (χ1) is 8.19. The number of alkyl halides is 1. The van der Waals surface area contributed by atoms with Gasteiger partial charge in [-0.1, -0.05) is 15.9 Å². The molecule has 0 aromatic heterocycles. The van der Waals surface area contributed by atoms with Crippen molar-refractivity contribution in [2.45, 2.75) is 45.1 Å². The molecular weight excluding hydrogens is 286 g/mol. The van der Waals surface area contributed by atoms with E-state index in [1.165, 1.54) is 0 Å². The molecule has 1 rings (SSSR count). The summed E-state index contributed by atoms with van der Waals surface area (Å²) in [6.45, 7) is 2.26. The highest BCUT2D eigenvalue weighted by molar-refractivity contribution is 9.09. The van der Waals surface area contributed by atoms with Crippen molar-refractivity contribution in [3.8, 4) is 0 Å². The first-order valence-electron chi connectivity index (χ1n) is 6.20. The van der Waals surface area contributed by atoms with E-state index >= 15 is 0 Å². The van der Waals surface area contributed by atoms with E-state index in [1.807, 2.05) is 0 Å². The van der Waals surface area contributed by atoms with Crippen LogP contribution >= 0.6 is 15.9 Å². The fraction of sp³-hybridized carbons (Fsp3) is 0.833. The number of esters is 1. The summed E-state index contributed by atoms with van der Waals surface area (Å²) in [5.74, 6) is -0.213. The standard InChI is InChI=1S/C12H20BrNO3/c1-2-17-12(16)9-14(10-6-7-10)11(15)5-3-4-8-13/h10H,2-9H2,1H3. The first-order valence-corrected chi connectivity index (χ1v) is 7.32. The third-order valence-electron chi connectivity index (χ3n) is 2.69. The van der Waals surface area contributed by atoms with Gasteiger partial charge in [0.2, 0.25) is 5.91 Å². The van der Waals surface area contributed by atoms with Crippen molar-refractivity contribution in [2.24, 2.45) is 0 Å². The molecule has 0 aromatic carbocycles. The number of carbonyl (C=O) groups excluding carboxylic acids is 2. The van der Waals surface area contributed by atoms with Gasteiger partial charge in [-0.3, -0.25) is 9.59 Å². The summed E-state index contributed by atoms with van der Waals surface area (Å²) in [7, 11) is 0. The van der Waals surface area contributed by atoms with Gasteiger partial charge >= 0.3 is 5.97 Å². The van der Waals surface area contributed by atoms with Crippen molar-refractivity contribution in [3.05, 3.63) is 0 Å².